The third-order valence-corrected chi connectivity index (χ3v) is 4.46. The molecule has 25 heavy (non-hydrogen) atoms. The molecule has 1 saturated carbocycles. The van der Waals surface area contributed by atoms with Crippen molar-refractivity contribution in [2.75, 3.05) is 0 Å². The highest BCUT2D eigenvalue weighted by molar-refractivity contribution is 6.90. The summed E-state index contributed by atoms with van der Waals surface area (Å²) in [5.74, 6) is -6.54. The number of carbonyl (C=O) groups is 6. The van der Waals surface area contributed by atoms with E-state index in [1.54, 1.807) is 0 Å². The van der Waals surface area contributed by atoms with E-state index in [-0.39, 0.29) is 12.7 Å². The molecule has 0 aliphatic heterocycles. The SMILES string of the molecule is O=CC(=O)C(=O)C(=O)C(=O)C(=O)CCCCCCCCCCC1CC1. The summed E-state index contributed by atoms with van der Waals surface area (Å²) in [6.07, 6.45) is 12.0. The van der Waals surface area contributed by atoms with Gasteiger partial charge in [-0.05, 0) is 12.3 Å². The Kier molecular flexibility index (Phi) is 9.73. The van der Waals surface area contributed by atoms with Crippen LogP contribution >= 0.6 is 0 Å². The molecule has 0 radical (unpaired) electrons. The third kappa shape index (κ3) is 8.61. The molecule has 1 fully saturated rings. The minimum absolute atomic E-state index is 0.117. The van der Waals surface area contributed by atoms with Crippen LogP contribution in [0.4, 0.5) is 0 Å². The number of rotatable bonds is 16. The Morgan fingerprint density at radius 2 is 1.20 bits per heavy atom. The molecule has 0 aromatic rings. The maximum absolute atomic E-state index is 11.5. The average Bonchev–Trinajstić information content (AvgIpc) is 3.44. The maximum Gasteiger partial charge on any atom is 0.280 e. The summed E-state index contributed by atoms with van der Waals surface area (Å²) in [5.41, 5.74) is 0. The molecule has 1 aliphatic carbocycles. The number of hydrogen-bond acceptors (Lipinski definition) is 6. The van der Waals surface area contributed by atoms with E-state index < -0.39 is 28.9 Å². The van der Waals surface area contributed by atoms with Gasteiger partial charge in [-0.15, -0.1) is 0 Å². The molecule has 138 valence electrons. The number of carbonyl (C=O) groups excluding carboxylic acids is 6. The molecule has 0 N–H and O–H groups in total. The van der Waals surface area contributed by atoms with Crippen molar-refractivity contribution in [1.29, 1.82) is 0 Å². The van der Waals surface area contributed by atoms with Crippen LogP contribution in [0.3, 0.4) is 0 Å². The van der Waals surface area contributed by atoms with Crippen molar-refractivity contribution in [3.8, 4) is 0 Å². The van der Waals surface area contributed by atoms with Crippen molar-refractivity contribution >= 4 is 35.2 Å². The van der Waals surface area contributed by atoms with Gasteiger partial charge in [0.05, 0.1) is 0 Å². The van der Waals surface area contributed by atoms with Crippen molar-refractivity contribution < 1.29 is 28.8 Å². The second kappa shape index (κ2) is 11.6. The zero-order valence-electron chi connectivity index (χ0n) is 14.6. The van der Waals surface area contributed by atoms with Crippen LogP contribution in [0.1, 0.15) is 77.0 Å². The van der Waals surface area contributed by atoms with Crippen LogP contribution in [0.25, 0.3) is 0 Å². The summed E-state index contributed by atoms with van der Waals surface area (Å²) in [7, 11) is 0. The Bertz CT molecular complexity index is 530. The summed E-state index contributed by atoms with van der Waals surface area (Å²) in [4.78, 5) is 66.2. The second-order valence-corrected chi connectivity index (χ2v) is 6.70. The third-order valence-electron chi connectivity index (χ3n) is 4.46. The minimum atomic E-state index is -1.74. The second-order valence-electron chi connectivity index (χ2n) is 6.70. The first-order valence-corrected chi connectivity index (χ1v) is 9.12. The van der Waals surface area contributed by atoms with Crippen LogP contribution in [-0.4, -0.2) is 35.2 Å². The van der Waals surface area contributed by atoms with E-state index in [0.29, 0.717) is 6.42 Å². The lowest BCUT2D eigenvalue weighted by Gasteiger charge is -2.02. The monoisotopic (exact) mass is 350 g/mol. The van der Waals surface area contributed by atoms with Gasteiger partial charge in [-0.1, -0.05) is 64.2 Å². The number of ketones is 5. The molecule has 6 heteroatoms. The van der Waals surface area contributed by atoms with Crippen molar-refractivity contribution in [3.63, 3.8) is 0 Å². The Balaban J connectivity index is 2.02. The van der Waals surface area contributed by atoms with E-state index in [4.69, 9.17) is 0 Å². The zero-order valence-corrected chi connectivity index (χ0v) is 14.6. The topological polar surface area (TPSA) is 102 Å². The molecule has 0 bridgehead atoms. The fraction of sp³-hybridized carbons (Fsp3) is 0.684. The van der Waals surface area contributed by atoms with E-state index in [2.05, 4.69) is 0 Å². The highest BCUT2D eigenvalue weighted by Crippen LogP contribution is 2.34. The van der Waals surface area contributed by atoms with E-state index >= 15 is 0 Å². The van der Waals surface area contributed by atoms with Crippen molar-refractivity contribution in [3.05, 3.63) is 0 Å². The van der Waals surface area contributed by atoms with E-state index in [1.807, 2.05) is 0 Å². The number of hydrogen-bond donors (Lipinski definition) is 0. The molecule has 0 spiro atoms. The van der Waals surface area contributed by atoms with Crippen LogP contribution in [0.15, 0.2) is 0 Å². The molecule has 1 aliphatic rings. The van der Waals surface area contributed by atoms with Crippen LogP contribution in [0, 0.1) is 5.92 Å². The van der Waals surface area contributed by atoms with E-state index in [9.17, 15) is 28.8 Å². The lowest BCUT2D eigenvalue weighted by Crippen LogP contribution is -2.35. The minimum Gasteiger partial charge on any atom is -0.294 e. The Morgan fingerprint density at radius 1 is 0.680 bits per heavy atom. The molecular formula is C19H26O6. The summed E-state index contributed by atoms with van der Waals surface area (Å²) in [6.45, 7) is 0. The highest BCUT2D eigenvalue weighted by atomic mass is 16.2. The molecule has 0 saturated heterocycles. The summed E-state index contributed by atoms with van der Waals surface area (Å²) >= 11 is 0. The molecule has 1 rings (SSSR count). The van der Waals surface area contributed by atoms with E-state index in [0.717, 1.165) is 25.2 Å². The van der Waals surface area contributed by atoms with Crippen LogP contribution in [-0.2, 0) is 28.8 Å². The molecule has 0 amide bonds. The van der Waals surface area contributed by atoms with Gasteiger partial charge in [0.25, 0.3) is 23.1 Å². The molecule has 0 aromatic carbocycles. The van der Waals surface area contributed by atoms with Gasteiger partial charge in [-0.3, -0.25) is 28.8 Å². The van der Waals surface area contributed by atoms with Gasteiger partial charge < -0.3 is 0 Å². The normalized spacial score (nSPS) is 13.3. The summed E-state index contributed by atoms with van der Waals surface area (Å²) < 4.78 is 0. The van der Waals surface area contributed by atoms with E-state index in [1.165, 1.54) is 44.9 Å². The largest absolute Gasteiger partial charge is 0.294 e. The first-order chi connectivity index (χ1) is 12.0. The summed E-state index contributed by atoms with van der Waals surface area (Å²) in [6, 6.07) is 0. The molecule has 0 unspecified atom stereocenters. The number of aldehydes is 1. The predicted molar refractivity (Wildman–Crippen MR) is 90.0 cm³/mol. The van der Waals surface area contributed by atoms with Gasteiger partial charge in [0.2, 0.25) is 5.78 Å². The Morgan fingerprint density at radius 3 is 1.72 bits per heavy atom. The molecule has 0 atom stereocenters. The lowest BCUT2D eigenvalue weighted by atomic mass is 10.0. The van der Waals surface area contributed by atoms with Crippen molar-refractivity contribution in [1.82, 2.24) is 0 Å². The van der Waals surface area contributed by atoms with Gasteiger partial charge in [-0.25, -0.2) is 0 Å². The number of unbranched alkanes of at least 4 members (excludes halogenated alkanes) is 7. The Hall–Kier alpha value is -1.98. The van der Waals surface area contributed by atoms with Crippen LogP contribution in [0.2, 0.25) is 0 Å². The molecular weight excluding hydrogens is 324 g/mol. The van der Waals surface area contributed by atoms with Crippen molar-refractivity contribution in [2.45, 2.75) is 77.0 Å². The van der Waals surface area contributed by atoms with Gasteiger partial charge in [-0.2, -0.15) is 0 Å². The lowest BCUT2D eigenvalue weighted by molar-refractivity contribution is -0.151. The highest BCUT2D eigenvalue weighted by Gasteiger charge is 2.32. The smallest absolute Gasteiger partial charge is 0.280 e. The van der Waals surface area contributed by atoms with Crippen LogP contribution in [0.5, 0.6) is 0 Å². The first-order valence-electron chi connectivity index (χ1n) is 9.12. The first kappa shape index (κ1) is 21.1. The summed E-state index contributed by atoms with van der Waals surface area (Å²) in [5, 5.41) is 0. The standard InChI is InChI=1S/C19H26O6/c20-13-16(22)18(24)19(25)17(23)15(21)10-8-6-4-2-1-3-5-7-9-14-11-12-14/h13-14H,1-12H2. The zero-order chi connectivity index (χ0) is 18.7. The van der Waals surface area contributed by atoms with Gasteiger partial charge in [0.15, 0.2) is 6.29 Å². The predicted octanol–water partition coefficient (Wildman–Crippen LogP) is 2.34. The average molecular weight is 350 g/mol. The molecule has 6 nitrogen and oxygen atoms in total. The fourth-order valence-electron chi connectivity index (χ4n) is 2.69. The fourth-order valence-corrected chi connectivity index (χ4v) is 2.69. The van der Waals surface area contributed by atoms with Gasteiger partial charge in [0.1, 0.15) is 0 Å². The quantitative estimate of drug-likeness (QED) is 0.183. The van der Waals surface area contributed by atoms with Crippen molar-refractivity contribution in [2.24, 2.45) is 5.92 Å². The van der Waals surface area contributed by atoms with Gasteiger partial charge in [0, 0.05) is 6.42 Å². The molecule has 0 heterocycles. The maximum atomic E-state index is 11.5. The Labute approximate surface area is 147 Å². The van der Waals surface area contributed by atoms with Crippen LogP contribution < -0.4 is 0 Å². The number of Topliss-reactive ketones (excluding diaryl/α,β-unsaturated/α-hetero) is 5. The van der Waals surface area contributed by atoms with Gasteiger partial charge >= 0.3 is 0 Å². The molecule has 0 aromatic heterocycles.